The number of esters is 1. The van der Waals surface area contributed by atoms with Crippen molar-refractivity contribution in [2.45, 2.75) is 6.92 Å². The normalized spacial score (nSPS) is 10.4. The first-order valence-electron chi connectivity index (χ1n) is 3.65. The van der Waals surface area contributed by atoms with Crippen LogP contribution in [0.25, 0.3) is 6.20 Å². The standard InChI is InChI=1S/C8H10N2O2/c1-2-12-8(11)3-5-10-6-4-9-7-10/h3-7H,2H2,1H3/b5-3-. The van der Waals surface area contributed by atoms with Crippen molar-refractivity contribution in [2.75, 3.05) is 6.61 Å². The summed E-state index contributed by atoms with van der Waals surface area (Å²) in [7, 11) is 0. The van der Waals surface area contributed by atoms with Gasteiger partial charge in [0, 0.05) is 24.7 Å². The van der Waals surface area contributed by atoms with Gasteiger partial charge in [0.2, 0.25) is 0 Å². The molecule has 0 aliphatic carbocycles. The van der Waals surface area contributed by atoms with Gasteiger partial charge in [-0.1, -0.05) is 0 Å². The second-order valence-electron chi connectivity index (χ2n) is 2.08. The Morgan fingerprint density at radius 3 is 3.17 bits per heavy atom. The van der Waals surface area contributed by atoms with E-state index in [1.165, 1.54) is 6.08 Å². The molecule has 0 spiro atoms. The molecular formula is C8H10N2O2. The summed E-state index contributed by atoms with van der Waals surface area (Å²) < 4.78 is 6.34. The first-order chi connectivity index (χ1) is 5.83. The van der Waals surface area contributed by atoms with E-state index in [1.807, 2.05) is 0 Å². The number of imidazole rings is 1. The van der Waals surface area contributed by atoms with Crippen molar-refractivity contribution < 1.29 is 9.53 Å². The Bertz CT molecular complexity index is 265. The highest BCUT2D eigenvalue weighted by atomic mass is 16.5. The van der Waals surface area contributed by atoms with Crippen molar-refractivity contribution in [3.8, 4) is 0 Å². The number of nitrogens with zero attached hydrogens (tertiary/aromatic N) is 2. The average Bonchev–Trinajstić information content (AvgIpc) is 2.53. The number of rotatable bonds is 3. The fourth-order valence-corrected chi connectivity index (χ4v) is 0.695. The fraction of sp³-hybridized carbons (Fsp3) is 0.250. The summed E-state index contributed by atoms with van der Waals surface area (Å²) in [5, 5.41) is 0. The molecular weight excluding hydrogens is 156 g/mol. The maximum atomic E-state index is 10.8. The highest BCUT2D eigenvalue weighted by Crippen LogP contribution is 1.88. The van der Waals surface area contributed by atoms with Crippen LogP contribution >= 0.6 is 0 Å². The Balaban J connectivity index is 2.45. The van der Waals surface area contributed by atoms with Gasteiger partial charge in [0.25, 0.3) is 0 Å². The van der Waals surface area contributed by atoms with E-state index < -0.39 is 0 Å². The van der Waals surface area contributed by atoms with Gasteiger partial charge in [0.15, 0.2) is 0 Å². The zero-order valence-corrected chi connectivity index (χ0v) is 6.80. The van der Waals surface area contributed by atoms with Crippen LogP contribution in [-0.4, -0.2) is 22.1 Å². The lowest BCUT2D eigenvalue weighted by molar-refractivity contribution is -0.137. The molecule has 1 rings (SSSR count). The molecule has 0 saturated carbocycles. The molecule has 0 amide bonds. The van der Waals surface area contributed by atoms with E-state index in [1.54, 1.807) is 36.4 Å². The van der Waals surface area contributed by atoms with Crippen molar-refractivity contribution in [2.24, 2.45) is 0 Å². The Labute approximate surface area is 70.5 Å². The van der Waals surface area contributed by atoms with Gasteiger partial charge < -0.3 is 9.30 Å². The van der Waals surface area contributed by atoms with Gasteiger partial charge in [-0.2, -0.15) is 0 Å². The van der Waals surface area contributed by atoms with Gasteiger partial charge in [-0.15, -0.1) is 0 Å². The minimum absolute atomic E-state index is 0.341. The summed E-state index contributed by atoms with van der Waals surface area (Å²) in [6.07, 6.45) is 7.90. The lowest BCUT2D eigenvalue weighted by Gasteiger charge is -1.94. The van der Waals surface area contributed by atoms with E-state index in [4.69, 9.17) is 0 Å². The molecule has 4 heteroatoms. The second kappa shape index (κ2) is 4.33. The Morgan fingerprint density at radius 2 is 2.58 bits per heavy atom. The van der Waals surface area contributed by atoms with Crippen molar-refractivity contribution >= 4 is 12.2 Å². The van der Waals surface area contributed by atoms with Crippen LogP contribution in [0.2, 0.25) is 0 Å². The van der Waals surface area contributed by atoms with Crippen LogP contribution in [0.3, 0.4) is 0 Å². The smallest absolute Gasteiger partial charge is 0.332 e. The highest BCUT2D eigenvalue weighted by Gasteiger charge is 1.91. The van der Waals surface area contributed by atoms with Gasteiger partial charge in [-0.3, -0.25) is 0 Å². The van der Waals surface area contributed by atoms with Crippen LogP contribution in [0.5, 0.6) is 0 Å². The van der Waals surface area contributed by atoms with Crippen molar-refractivity contribution in [1.29, 1.82) is 0 Å². The average molecular weight is 166 g/mol. The van der Waals surface area contributed by atoms with Gasteiger partial charge in [0.05, 0.1) is 12.9 Å². The molecule has 0 fully saturated rings. The summed E-state index contributed by atoms with van der Waals surface area (Å²) in [4.78, 5) is 14.6. The lowest BCUT2D eigenvalue weighted by Crippen LogP contribution is -1.99. The van der Waals surface area contributed by atoms with E-state index in [0.29, 0.717) is 6.61 Å². The largest absolute Gasteiger partial charge is 0.463 e. The quantitative estimate of drug-likeness (QED) is 0.495. The topological polar surface area (TPSA) is 44.1 Å². The zero-order valence-electron chi connectivity index (χ0n) is 6.80. The third-order valence-corrected chi connectivity index (χ3v) is 1.19. The van der Waals surface area contributed by atoms with E-state index in [9.17, 15) is 4.79 Å². The molecule has 0 aromatic carbocycles. The molecule has 0 bridgehead atoms. The van der Waals surface area contributed by atoms with Crippen LogP contribution in [0.15, 0.2) is 24.8 Å². The predicted octanol–water partition coefficient (Wildman–Crippen LogP) is 0.917. The molecule has 0 saturated heterocycles. The summed E-state index contributed by atoms with van der Waals surface area (Å²) in [6, 6.07) is 0. The number of carbonyl (C=O) groups is 1. The van der Waals surface area contributed by atoms with Crippen molar-refractivity contribution in [3.63, 3.8) is 0 Å². The summed E-state index contributed by atoms with van der Waals surface area (Å²) >= 11 is 0. The molecule has 1 aromatic rings. The van der Waals surface area contributed by atoms with E-state index in [-0.39, 0.29) is 5.97 Å². The second-order valence-corrected chi connectivity index (χ2v) is 2.08. The lowest BCUT2D eigenvalue weighted by atomic mass is 10.6. The maximum Gasteiger partial charge on any atom is 0.332 e. The summed E-state index contributed by atoms with van der Waals surface area (Å²) in [5.41, 5.74) is 0. The third-order valence-electron chi connectivity index (χ3n) is 1.19. The van der Waals surface area contributed by atoms with E-state index in [0.717, 1.165) is 0 Å². The number of carbonyl (C=O) groups excluding carboxylic acids is 1. The number of aromatic nitrogens is 2. The number of ether oxygens (including phenoxy) is 1. The first-order valence-corrected chi connectivity index (χ1v) is 3.65. The highest BCUT2D eigenvalue weighted by molar-refractivity contribution is 5.84. The van der Waals surface area contributed by atoms with Crippen LogP contribution in [0.4, 0.5) is 0 Å². The molecule has 0 aliphatic heterocycles. The Morgan fingerprint density at radius 1 is 1.75 bits per heavy atom. The summed E-state index contributed by atoms with van der Waals surface area (Å²) in [6.45, 7) is 2.16. The van der Waals surface area contributed by atoms with Crippen molar-refractivity contribution in [3.05, 3.63) is 24.8 Å². The molecule has 0 unspecified atom stereocenters. The predicted molar refractivity (Wildman–Crippen MR) is 44.2 cm³/mol. The summed E-state index contributed by atoms with van der Waals surface area (Å²) in [5.74, 6) is -0.341. The molecule has 12 heavy (non-hydrogen) atoms. The minimum Gasteiger partial charge on any atom is -0.463 e. The third kappa shape index (κ3) is 2.57. The SMILES string of the molecule is CCOC(=O)/C=C\n1ccnc1. The van der Waals surface area contributed by atoms with Crippen LogP contribution in [0, 0.1) is 0 Å². The zero-order chi connectivity index (χ0) is 8.81. The van der Waals surface area contributed by atoms with E-state index >= 15 is 0 Å². The molecule has 0 radical (unpaired) electrons. The Kier molecular flexibility index (Phi) is 3.07. The number of hydrogen-bond donors (Lipinski definition) is 0. The van der Waals surface area contributed by atoms with E-state index in [2.05, 4.69) is 9.72 Å². The van der Waals surface area contributed by atoms with Gasteiger partial charge in [-0.05, 0) is 6.92 Å². The monoisotopic (exact) mass is 166 g/mol. The molecule has 1 heterocycles. The fourth-order valence-electron chi connectivity index (χ4n) is 0.695. The maximum absolute atomic E-state index is 10.8. The first kappa shape index (κ1) is 8.52. The molecule has 0 aliphatic rings. The molecule has 0 atom stereocenters. The van der Waals surface area contributed by atoms with Crippen LogP contribution in [-0.2, 0) is 9.53 Å². The molecule has 64 valence electrons. The minimum atomic E-state index is -0.341. The van der Waals surface area contributed by atoms with Crippen LogP contribution < -0.4 is 0 Å². The Hall–Kier alpha value is -1.58. The van der Waals surface area contributed by atoms with Crippen LogP contribution in [0.1, 0.15) is 6.92 Å². The molecule has 4 nitrogen and oxygen atoms in total. The molecule has 1 aromatic heterocycles. The van der Waals surface area contributed by atoms with Gasteiger partial charge in [-0.25, -0.2) is 9.78 Å². The van der Waals surface area contributed by atoms with Gasteiger partial charge >= 0.3 is 5.97 Å². The van der Waals surface area contributed by atoms with Gasteiger partial charge in [0.1, 0.15) is 0 Å². The van der Waals surface area contributed by atoms with Crippen molar-refractivity contribution in [1.82, 2.24) is 9.55 Å². The molecule has 0 N–H and O–H groups in total. The number of hydrogen-bond acceptors (Lipinski definition) is 3.